The van der Waals surface area contributed by atoms with Gasteiger partial charge in [0.1, 0.15) is 0 Å². The summed E-state index contributed by atoms with van der Waals surface area (Å²) in [5.41, 5.74) is 9.27. The first-order valence-electron chi connectivity index (χ1n) is 6.57. The Morgan fingerprint density at radius 2 is 2.06 bits per heavy atom. The Bertz CT molecular complexity index is 408. The summed E-state index contributed by atoms with van der Waals surface area (Å²) in [5, 5.41) is 3.64. The molecule has 3 saturated heterocycles. The second kappa shape index (κ2) is 4.22. The fourth-order valence-corrected chi connectivity index (χ4v) is 3.14. The van der Waals surface area contributed by atoms with Crippen molar-refractivity contribution in [2.75, 3.05) is 30.7 Å². The van der Waals surface area contributed by atoms with E-state index in [-0.39, 0.29) is 0 Å². The van der Waals surface area contributed by atoms with Crippen LogP contribution in [0.3, 0.4) is 0 Å². The lowest BCUT2D eigenvalue weighted by Gasteiger charge is -2.45. The average Bonchev–Trinajstić information content (AvgIpc) is 2.34. The Morgan fingerprint density at radius 1 is 1.29 bits per heavy atom. The van der Waals surface area contributed by atoms with Crippen LogP contribution in [0.5, 0.6) is 0 Å². The first-order valence-corrected chi connectivity index (χ1v) is 6.57. The Kier molecular flexibility index (Phi) is 2.71. The molecule has 17 heavy (non-hydrogen) atoms. The van der Waals surface area contributed by atoms with Crippen molar-refractivity contribution in [3.63, 3.8) is 0 Å². The second-order valence-electron chi connectivity index (χ2n) is 5.48. The summed E-state index contributed by atoms with van der Waals surface area (Å²) >= 11 is 0. The molecule has 1 aromatic carbocycles. The number of aryl methyl sites for hydroxylation is 1. The number of fused-ring (bicyclic) bond motifs is 3. The highest BCUT2D eigenvalue weighted by atomic mass is 15.2. The maximum absolute atomic E-state index is 6.06. The van der Waals surface area contributed by atoms with E-state index in [4.69, 9.17) is 5.73 Å². The first-order chi connectivity index (χ1) is 8.22. The minimum Gasteiger partial charge on any atom is -0.397 e. The molecule has 3 N–H and O–H groups in total. The molecule has 0 saturated carbocycles. The number of piperidine rings is 3. The van der Waals surface area contributed by atoms with Crippen molar-refractivity contribution >= 4 is 11.4 Å². The first kappa shape index (κ1) is 10.9. The molecule has 92 valence electrons. The Labute approximate surface area is 103 Å². The fourth-order valence-electron chi connectivity index (χ4n) is 3.14. The monoisotopic (exact) mass is 231 g/mol. The molecular weight excluding hydrogens is 210 g/mol. The van der Waals surface area contributed by atoms with Crippen molar-refractivity contribution in [3.8, 4) is 0 Å². The lowest BCUT2D eigenvalue weighted by atomic mass is 9.84. The second-order valence-corrected chi connectivity index (χ2v) is 5.48. The van der Waals surface area contributed by atoms with Crippen LogP contribution in [-0.4, -0.2) is 30.6 Å². The predicted octanol–water partition coefficient (Wildman–Crippen LogP) is 2.08. The minimum absolute atomic E-state index is 0.586. The van der Waals surface area contributed by atoms with Crippen molar-refractivity contribution in [3.05, 3.63) is 23.8 Å². The van der Waals surface area contributed by atoms with Gasteiger partial charge in [0.2, 0.25) is 0 Å². The maximum atomic E-state index is 6.06. The van der Waals surface area contributed by atoms with Gasteiger partial charge in [0.15, 0.2) is 0 Å². The average molecular weight is 231 g/mol. The molecular formula is C14H21N3. The van der Waals surface area contributed by atoms with Crippen LogP contribution in [-0.2, 0) is 0 Å². The maximum Gasteiger partial charge on any atom is 0.0576 e. The lowest BCUT2D eigenvalue weighted by Crippen LogP contribution is -2.53. The zero-order valence-corrected chi connectivity index (χ0v) is 10.4. The quantitative estimate of drug-likeness (QED) is 0.766. The van der Waals surface area contributed by atoms with Crippen LogP contribution in [0.1, 0.15) is 18.4 Å². The number of hydrogen-bond acceptors (Lipinski definition) is 3. The Morgan fingerprint density at radius 3 is 2.65 bits per heavy atom. The van der Waals surface area contributed by atoms with Gasteiger partial charge in [-0.3, -0.25) is 0 Å². The lowest BCUT2D eigenvalue weighted by molar-refractivity contribution is 0.0975. The molecule has 0 radical (unpaired) electrons. The molecule has 3 aliphatic rings. The summed E-state index contributed by atoms with van der Waals surface area (Å²) < 4.78 is 0. The van der Waals surface area contributed by atoms with Crippen LogP contribution >= 0.6 is 0 Å². The molecule has 1 unspecified atom stereocenters. The molecule has 3 heteroatoms. The van der Waals surface area contributed by atoms with E-state index in [0.717, 1.165) is 17.3 Å². The molecule has 2 bridgehead atoms. The Balaban J connectivity index is 1.74. The zero-order chi connectivity index (χ0) is 11.8. The van der Waals surface area contributed by atoms with Crippen molar-refractivity contribution in [2.24, 2.45) is 5.92 Å². The van der Waals surface area contributed by atoms with Gasteiger partial charge in [-0.05, 0) is 56.5 Å². The van der Waals surface area contributed by atoms with Gasteiger partial charge >= 0.3 is 0 Å². The molecule has 3 heterocycles. The van der Waals surface area contributed by atoms with Gasteiger partial charge in [-0.25, -0.2) is 0 Å². The van der Waals surface area contributed by atoms with Crippen molar-refractivity contribution in [1.29, 1.82) is 0 Å². The smallest absolute Gasteiger partial charge is 0.0576 e. The third kappa shape index (κ3) is 2.12. The third-order valence-electron chi connectivity index (χ3n) is 4.20. The van der Waals surface area contributed by atoms with E-state index in [2.05, 4.69) is 29.3 Å². The van der Waals surface area contributed by atoms with E-state index in [0.29, 0.717) is 6.04 Å². The summed E-state index contributed by atoms with van der Waals surface area (Å²) in [6.45, 7) is 5.82. The molecule has 4 rings (SSSR count). The largest absolute Gasteiger partial charge is 0.397 e. The van der Waals surface area contributed by atoms with Crippen LogP contribution in [0.15, 0.2) is 18.2 Å². The number of nitrogens with two attached hydrogens (primary N) is 1. The molecule has 0 aromatic heterocycles. The van der Waals surface area contributed by atoms with Crippen LogP contribution in [0.25, 0.3) is 0 Å². The molecule has 1 atom stereocenters. The normalized spacial score (nSPS) is 31.5. The van der Waals surface area contributed by atoms with E-state index in [1.807, 2.05) is 6.07 Å². The highest BCUT2D eigenvalue weighted by Gasteiger charge is 2.34. The third-order valence-corrected chi connectivity index (χ3v) is 4.20. The van der Waals surface area contributed by atoms with Gasteiger partial charge in [0, 0.05) is 12.6 Å². The molecule has 0 aliphatic carbocycles. The van der Waals surface area contributed by atoms with Gasteiger partial charge < -0.3 is 16.0 Å². The number of benzene rings is 1. The number of nitrogen functional groups attached to an aromatic ring is 1. The van der Waals surface area contributed by atoms with Crippen LogP contribution < -0.4 is 11.1 Å². The van der Waals surface area contributed by atoms with Crippen LogP contribution in [0, 0.1) is 12.8 Å². The zero-order valence-electron chi connectivity index (χ0n) is 10.4. The highest BCUT2D eigenvalue weighted by Crippen LogP contribution is 2.31. The van der Waals surface area contributed by atoms with E-state index >= 15 is 0 Å². The Hall–Kier alpha value is -1.22. The standard InChI is InChI=1S/C14H21N3/c1-10-2-3-13(12(15)8-10)16-14-9-17-6-4-11(14)5-7-17/h2-3,8,11,14,16H,4-7,9,15H2,1H3. The summed E-state index contributed by atoms with van der Waals surface area (Å²) in [5.74, 6) is 0.834. The topological polar surface area (TPSA) is 41.3 Å². The highest BCUT2D eigenvalue weighted by molar-refractivity contribution is 5.67. The summed E-state index contributed by atoms with van der Waals surface area (Å²) in [7, 11) is 0. The van der Waals surface area contributed by atoms with E-state index in [1.54, 1.807) is 0 Å². The van der Waals surface area contributed by atoms with Crippen LogP contribution in [0.2, 0.25) is 0 Å². The molecule has 0 spiro atoms. The van der Waals surface area contributed by atoms with Gasteiger partial charge in [0.25, 0.3) is 0 Å². The molecule has 3 fully saturated rings. The van der Waals surface area contributed by atoms with Crippen LogP contribution in [0.4, 0.5) is 11.4 Å². The van der Waals surface area contributed by atoms with E-state index < -0.39 is 0 Å². The predicted molar refractivity (Wildman–Crippen MR) is 72.2 cm³/mol. The van der Waals surface area contributed by atoms with E-state index in [9.17, 15) is 0 Å². The van der Waals surface area contributed by atoms with Crippen molar-refractivity contribution < 1.29 is 0 Å². The minimum atomic E-state index is 0.586. The fraction of sp³-hybridized carbons (Fsp3) is 0.571. The van der Waals surface area contributed by atoms with Crippen molar-refractivity contribution in [1.82, 2.24) is 4.90 Å². The number of hydrogen-bond donors (Lipinski definition) is 2. The SMILES string of the molecule is Cc1ccc(NC2CN3CCC2CC3)c(N)c1. The number of rotatable bonds is 2. The number of nitrogens with zero attached hydrogens (tertiary/aromatic N) is 1. The number of anilines is 2. The molecule has 3 nitrogen and oxygen atoms in total. The number of nitrogens with one attached hydrogen (secondary N) is 1. The summed E-state index contributed by atoms with van der Waals surface area (Å²) in [6.07, 6.45) is 2.67. The van der Waals surface area contributed by atoms with Gasteiger partial charge in [-0.1, -0.05) is 6.07 Å². The summed E-state index contributed by atoms with van der Waals surface area (Å²) in [4.78, 5) is 2.56. The molecule has 0 amide bonds. The van der Waals surface area contributed by atoms with Gasteiger partial charge in [-0.15, -0.1) is 0 Å². The molecule has 1 aromatic rings. The van der Waals surface area contributed by atoms with Gasteiger partial charge in [0.05, 0.1) is 11.4 Å². The van der Waals surface area contributed by atoms with Gasteiger partial charge in [-0.2, -0.15) is 0 Å². The van der Waals surface area contributed by atoms with E-state index in [1.165, 1.54) is 38.0 Å². The molecule has 3 aliphatic heterocycles. The van der Waals surface area contributed by atoms with Crippen molar-refractivity contribution in [2.45, 2.75) is 25.8 Å². The summed E-state index contributed by atoms with van der Waals surface area (Å²) in [6, 6.07) is 6.87.